The summed E-state index contributed by atoms with van der Waals surface area (Å²) in [5, 5.41) is 6.92. The predicted molar refractivity (Wildman–Crippen MR) is 86.8 cm³/mol. The van der Waals surface area contributed by atoms with Crippen LogP contribution in [0.2, 0.25) is 5.02 Å². The number of aromatic amines is 1. The van der Waals surface area contributed by atoms with Crippen LogP contribution in [0.3, 0.4) is 0 Å². The molecule has 3 N–H and O–H groups in total. The first-order valence-electron chi connectivity index (χ1n) is 6.54. The van der Waals surface area contributed by atoms with Crippen LogP contribution in [0.15, 0.2) is 48.7 Å². The summed E-state index contributed by atoms with van der Waals surface area (Å²) in [5.74, 6) is 0. The summed E-state index contributed by atoms with van der Waals surface area (Å²) in [6.45, 7) is 0. The summed E-state index contributed by atoms with van der Waals surface area (Å²) in [6, 6.07) is 13.3. The molecule has 0 aliphatic heterocycles. The first-order valence-corrected chi connectivity index (χ1v) is 6.91. The molecule has 2 aromatic carbocycles. The van der Waals surface area contributed by atoms with Gasteiger partial charge in [-0.15, -0.1) is 0 Å². The second-order valence-corrected chi connectivity index (χ2v) is 5.05. The monoisotopic (exact) mass is 299 g/mol. The minimum absolute atomic E-state index is 0.272. The minimum atomic E-state index is -0.272. The van der Waals surface area contributed by atoms with E-state index < -0.39 is 0 Å². The van der Waals surface area contributed by atoms with E-state index in [1.807, 2.05) is 42.6 Å². The average Bonchev–Trinajstić information content (AvgIpc) is 2.96. The summed E-state index contributed by atoms with van der Waals surface area (Å²) >= 11 is 6.38. The number of H-pyrrole nitrogens is 1. The summed E-state index contributed by atoms with van der Waals surface area (Å²) in [6.07, 6.45) is 1.91. The van der Waals surface area contributed by atoms with Gasteiger partial charge in [0.25, 0.3) is 0 Å². The van der Waals surface area contributed by atoms with Gasteiger partial charge < -0.3 is 15.6 Å². The Labute approximate surface area is 127 Å². The van der Waals surface area contributed by atoms with Crippen molar-refractivity contribution in [3.05, 3.63) is 53.7 Å². The average molecular weight is 300 g/mol. The highest BCUT2D eigenvalue weighted by Crippen LogP contribution is 2.34. The fourth-order valence-electron chi connectivity index (χ4n) is 2.33. The SMILES string of the molecule is CNC(=O)Nc1ccc(-c2cccc3[nH]ccc23)c(Cl)c1. The van der Waals surface area contributed by atoms with Gasteiger partial charge in [-0.2, -0.15) is 0 Å². The molecule has 3 aromatic rings. The Morgan fingerprint density at radius 3 is 2.76 bits per heavy atom. The second kappa shape index (κ2) is 5.50. The molecule has 0 aliphatic rings. The third-order valence-corrected chi connectivity index (χ3v) is 3.65. The summed E-state index contributed by atoms with van der Waals surface area (Å²) < 4.78 is 0. The van der Waals surface area contributed by atoms with E-state index in [1.165, 1.54) is 0 Å². The number of rotatable bonds is 2. The predicted octanol–water partition coefficient (Wildman–Crippen LogP) is 4.24. The maximum Gasteiger partial charge on any atom is 0.318 e. The molecule has 1 aromatic heterocycles. The lowest BCUT2D eigenvalue weighted by Crippen LogP contribution is -2.24. The number of carbonyl (C=O) groups excluding carboxylic acids is 1. The Bertz CT molecular complexity index is 810. The van der Waals surface area contributed by atoms with Crippen LogP contribution in [0.1, 0.15) is 0 Å². The van der Waals surface area contributed by atoms with E-state index >= 15 is 0 Å². The van der Waals surface area contributed by atoms with Crippen LogP contribution < -0.4 is 10.6 Å². The van der Waals surface area contributed by atoms with Crippen LogP contribution in [-0.4, -0.2) is 18.1 Å². The van der Waals surface area contributed by atoms with Crippen molar-refractivity contribution in [2.45, 2.75) is 0 Å². The highest BCUT2D eigenvalue weighted by molar-refractivity contribution is 6.34. The molecule has 0 unspecified atom stereocenters. The molecule has 5 heteroatoms. The molecule has 0 bridgehead atoms. The maximum atomic E-state index is 11.3. The Hall–Kier alpha value is -2.46. The van der Waals surface area contributed by atoms with Gasteiger partial charge in [0.15, 0.2) is 0 Å². The molecule has 0 aliphatic carbocycles. The third-order valence-electron chi connectivity index (χ3n) is 3.34. The van der Waals surface area contributed by atoms with Crippen molar-refractivity contribution in [2.24, 2.45) is 0 Å². The smallest absolute Gasteiger partial charge is 0.318 e. The number of halogens is 1. The zero-order valence-corrected chi connectivity index (χ0v) is 12.2. The van der Waals surface area contributed by atoms with Crippen molar-refractivity contribution < 1.29 is 4.79 Å². The fraction of sp³-hybridized carbons (Fsp3) is 0.0625. The van der Waals surface area contributed by atoms with Gasteiger partial charge in [-0.25, -0.2) is 4.79 Å². The van der Waals surface area contributed by atoms with Crippen LogP contribution in [-0.2, 0) is 0 Å². The normalized spacial score (nSPS) is 10.6. The molecular formula is C16H14ClN3O. The number of aromatic nitrogens is 1. The summed E-state index contributed by atoms with van der Waals surface area (Å²) in [7, 11) is 1.57. The molecule has 21 heavy (non-hydrogen) atoms. The van der Waals surface area contributed by atoms with Crippen molar-refractivity contribution in [1.82, 2.24) is 10.3 Å². The number of benzene rings is 2. The van der Waals surface area contributed by atoms with E-state index in [9.17, 15) is 4.79 Å². The van der Waals surface area contributed by atoms with Crippen molar-refractivity contribution in [3.63, 3.8) is 0 Å². The van der Waals surface area contributed by atoms with Gasteiger partial charge in [0.05, 0.1) is 5.02 Å². The summed E-state index contributed by atoms with van der Waals surface area (Å²) in [4.78, 5) is 14.5. The number of fused-ring (bicyclic) bond motifs is 1. The number of anilines is 1. The van der Waals surface area contributed by atoms with Crippen LogP contribution >= 0.6 is 11.6 Å². The summed E-state index contributed by atoms with van der Waals surface area (Å²) in [5.41, 5.74) is 3.72. The van der Waals surface area contributed by atoms with Crippen LogP contribution in [0.5, 0.6) is 0 Å². The molecule has 0 fully saturated rings. The fourth-order valence-corrected chi connectivity index (χ4v) is 2.61. The molecule has 0 saturated carbocycles. The van der Waals surface area contributed by atoms with Gasteiger partial charge in [0.1, 0.15) is 0 Å². The lowest BCUT2D eigenvalue weighted by atomic mass is 10.0. The number of hydrogen-bond donors (Lipinski definition) is 3. The highest BCUT2D eigenvalue weighted by Gasteiger charge is 2.09. The first-order chi connectivity index (χ1) is 10.2. The highest BCUT2D eigenvalue weighted by atomic mass is 35.5. The molecule has 3 rings (SSSR count). The molecule has 0 saturated heterocycles. The van der Waals surface area contributed by atoms with Gasteiger partial charge in [0.2, 0.25) is 0 Å². The van der Waals surface area contributed by atoms with E-state index in [0.717, 1.165) is 22.0 Å². The minimum Gasteiger partial charge on any atom is -0.361 e. The first kappa shape index (κ1) is 13.5. The lowest BCUT2D eigenvalue weighted by Gasteiger charge is -2.09. The van der Waals surface area contributed by atoms with Gasteiger partial charge in [0, 0.05) is 35.4 Å². The standard InChI is InChI=1S/C16H14ClN3O/c1-18-16(21)20-10-5-6-12(14(17)9-10)11-3-2-4-15-13(11)7-8-19-15/h2-9,19H,1H3,(H2,18,20,21). The van der Waals surface area contributed by atoms with Crippen molar-refractivity contribution >= 4 is 34.2 Å². The van der Waals surface area contributed by atoms with E-state index in [2.05, 4.69) is 15.6 Å². The lowest BCUT2D eigenvalue weighted by molar-refractivity contribution is 0.254. The Kier molecular flexibility index (Phi) is 3.54. The van der Waals surface area contributed by atoms with Crippen molar-refractivity contribution in [2.75, 3.05) is 12.4 Å². The Morgan fingerprint density at radius 1 is 1.14 bits per heavy atom. The molecule has 1 heterocycles. The van der Waals surface area contributed by atoms with Crippen LogP contribution in [0.4, 0.5) is 10.5 Å². The van der Waals surface area contributed by atoms with Gasteiger partial charge in [-0.05, 0) is 29.8 Å². The number of hydrogen-bond acceptors (Lipinski definition) is 1. The van der Waals surface area contributed by atoms with Crippen LogP contribution in [0, 0.1) is 0 Å². The zero-order valence-electron chi connectivity index (χ0n) is 11.4. The van der Waals surface area contributed by atoms with Gasteiger partial charge >= 0.3 is 6.03 Å². The number of urea groups is 1. The quantitative estimate of drug-likeness (QED) is 0.651. The Balaban J connectivity index is 2.03. The van der Waals surface area contributed by atoms with Gasteiger partial charge in [-0.3, -0.25) is 0 Å². The number of carbonyl (C=O) groups is 1. The number of nitrogens with one attached hydrogen (secondary N) is 3. The maximum absolute atomic E-state index is 11.3. The van der Waals surface area contributed by atoms with Gasteiger partial charge in [-0.1, -0.05) is 29.8 Å². The van der Waals surface area contributed by atoms with E-state index in [1.54, 1.807) is 13.1 Å². The van der Waals surface area contributed by atoms with Crippen molar-refractivity contribution in [3.8, 4) is 11.1 Å². The third kappa shape index (κ3) is 2.58. The van der Waals surface area contributed by atoms with Crippen molar-refractivity contribution in [1.29, 1.82) is 0 Å². The molecule has 0 spiro atoms. The van der Waals surface area contributed by atoms with E-state index in [0.29, 0.717) is 10.7 Å². The zero-order chi connectivity index (χ0) is 14.8. The molecule has 2 amide bonds. The van der Waals surface area contributed by atoms with E-state index in [4.69, 9.17) is 11.6 Å². The van der Waals surface area contributed by atoms with E-state index in [-0.39, 0.29) is 6.03 Å². The molecule has 0 radical (unpaired) electrons. The number of amides is 2. The largest absolute Gasteiger partial charge is 0.361 e. The topological polar surface area (TPSA) is 56.9 Å². The van der Waals surface area contributed by atoms with Crippen LogP contribution in [0.25, 0.3) is 22.0 Å². The second-order valence-electron chi connectivity index (χ2n) is 4.64. The molecule has 4 nitrogen and oxygen atoms in total. The Morgan fingerprint density at radius 2 is 2.00 bits per heavy atom. The molecular weight excluding hydrogens is 286 g/mol. The molecule has 106 valence electrons. The molecule has 0 atom stereocenters.